The Morgan fingerprint density at radius 3 is 2.35 bits per heavy atom. The van der Waals surface area contributed by atoms with Crippen molar-refractivity contribution in [3.05, 3.63) is 89.7 Å². The summed E-state index contributed by atoms with van der Waals surface area (Å²) in [5.41, 5.74) is 2.04. The number of aromatic nitrogens is 2. The molecule has 0 aliphatic carbocycles. The van der Waals surface area contributed by atoms with Crippen LogP contribution in [0.4, 0.5) is 0 Å². The average molecular weight is 385 g/mol. The second kappa shape index (κ2) is 7.60. The molecule has 2 aromatic heterocycles. The Hall–Kier alpha value is -2.82. The predicted octanol–water partition coefficient (Wildman–Crippen LogP) is 5.32. The van der Waals surface area contributed by atoms with Gasteiger partial charge in [0.05, 0.1) is 5.52 Å². The molecule has 0 atom stereocenters. The van der Waals surface area contributed by atoms with E-state index in [0.717, 1.165) is 16.6 Å². The molecule has 0 amide bonds. The highest BCUT2D eigenvalue weighted by molar-refractivity contribution is 6.35. The van der Waals surface area contributed by atoms with E-state index in [9.17, 15) is 4.79 Å². The van der Waals surface area contributed by atoms with Crippen molar-refractivity contribution in [2.45, 2.75) is 0 Å². The van der Waals surface area contributed by atoms with Gasteiger partial charge in [-0.2, -0.15) is 0 Å². The zero-order valence-electron chi connectivity index (χ0n) is 13.5. The Kier molecular flexibility index (Phi) is 5.26. The van der Waals surface area contributed by atoms with Crippen molar-refractivity contribution in [3.63, 3.8) is 0 Å². The van der Waals surface area contributed by atoms with Crippen molar-refractivity contribution < 1.29 is 9.53 Å². The molecular formula is C20H14Cl2N2O2. The number of pyridine rings is 1. The number of para-hydroxylation sites is 2. The topological polar surface area (TPSA) is 44.1 Å². The number of esters is 1. The maximum atomic E-state index is 12.7. The summed E-state index contributed by atoms with van der Waals surface area (Å²) in [6.45, 7) is 0. The molecule has 0 N–H and O–H groups in total. The van der Waals surface area contributed by atoms with E-state index in [2.05, 4.69) is 4.98 Å². The number of carbonyl (C=O) groups is 1. The molecular weight excluding hydrogens is 371 g/mol. The number of nitrogens with zero attached hydrogens (tertiary/aromatic N) is 2. The van der Waals surface area contributed by atoms with E-state index < -0.39 is 5.97 Å². The molecule has 0 spiro atoms. The molecule has 4 nitrogen and oxygen atoms in total. The van der Waals surface area contributed by atoms with Crippen LogP contribution in [-0.4, -0.2) is 15.5 Å². The van der Waals surface area contributed by atoms with Gasteiger partial charge < -0.3 is 4.74 Å². The van der Waals surface area contributed by atoms with E-state index in [-0.39, 0.29) is 18.3 Å². The average Bonchev–Trinajstić information content (AvgIpc) is 2.95. The minimum atomic E-state index is -0.533. The second-order valence-electron chi connectivity index (χ2n) is 5.41. The molecule has 4 aromatic rings. The van der Waals surface area contributed by atoms with Crippen molar-refractivity contribution in [2.24, 2.45) is 0 Å². The molecule has 0 unspecified atom stereocenters. The first-order chi connectivity index (χ1) is 12.3. The maximum Gasteiger partial charge on any atom is 0.348 e. The van der Waals surface area contributed by atoms with Crippen molar-refractivity contribution in [2.75, 3.05) is 0 Å². The Morgan fingerprint density at radius 1 is 0.923 bits per heavy atom. The number of ether oxygens (including phenoxy) is 1. The third-order valence-electron chi connectivity index (χ3n) is 3.87. The number of carbonyl (C=O) groups excluding carboxylic acids is 1. The lowest BCUT2D eigenvalue weighted by atomic mass is 10.2. The monoisotopic (exact) mass is 384 g/mol. The zero-order chi connectivity index (χ0) is 17.2. The summed E-state index contributed by atoms with van der Waals surface area (Å²) in [5, 5.41) is 1.05. The normalized spacial score (nSPS) is 10.3. The predicted molar refractivity (Wildman–Crippen MR) is 105 cm³/mol. The van der Waals surface area contributed by atoms with Gasteiger partial charge >= 0.3 is 5.97 Å². The Morgan fingerprint density at radius 2 is 1.62 bits per heavy atom. The third-order valence-corrected chi connectivity index (χ3v) is 4.23. The largest absolute Gasteiger partial charge is 0.404 e. The van der Waals surface area contributed by atoms with Gasteiger partial charge in [0.1, 0.15) is 10.7 Å². The van der Waals surface area contributed by atoms with E-state index in [1.54, 1.807) is 24.4 Å². The molecule has 0 bridgehead atoms. The van der Waals surface area contributed by atoms with E-state index in [1.165, 1.54) is 0 Å². The van der Waals surface area contributed by atoms with Gasteiger partial charge in [0.2, 0.25) is 5.88 Å². The van der Waals surface area contributed by atoms with Crippen LogP contribution in [0, 0.1) is 0 Å². The summed E-state index contributed by atoms with van der Waals surface area (Å²) >= 11 is 6.59. The van der Waals surface area contributed by atoms with Gasteiger partial charge in [-0.25, -0.2) is 9.78 Å². The van der Waals surface area contributed by atoms with Crippen LogP contribution < -0.4 is 4.74 Å². The second-order valence-corrected chi connectivity index (χ2v) is 5.77. The lowest BCUT2D eigenvalue weighted by molar-refractivity contribution is 0.0729. The van der Waals surface area contributed by atoms with Gasteiger partial charge in [-0.15, -0.1) is 12.4 Å². The highest BCUT2D eigenvalue weighted by Crippen LogP contribution is 2.33. The lowest BCUT2D eigenvalue weighted by Crippen LogP contribution is -2.09. The molecule has 4 rings (SSSR count). The van der Waals surface area contributed by atoms with E-state index in [1.807, 2.05) is 59.2 Å². The molecule has 0 fully saturated rings. The Labute approximate surface area is 161 Å². The Bertz CT molecular complexity index is 1050. The van der Waals surface area contributed by atoms with E-state index in [0.29, 0.717) is 10.7 Å². The van der Waals surface area contributed by atoms with Crippen LogP contribution in [0.2, 0.25) is 5.15 Å². The first-order valence-electron chi connectivity index (χ1n) is 7.73. The van der Waals surface area contributed by atoms with Crippen LogP contribution in [0.5, 0.6) is 5.88 Å². The molecule has 0 saturated carbocycles. The number of rotatable bonds is 3. The van der Waals surface area contributed by atoms with Crippen molar-refractivity contribution in [3.8, 4) is 11.6 Å². The molecule has 0 aliphatic rings. The van der Waals surface area contributed by atoms with Gasteiger partial charge in [-0.3, -0.25) is 4.57 Å². The van der Waals surface area contributed by atoms with Gasteiger partial charge in [-0.1, -0.05) is 54.1 Å². The van der Waals surface area contributed by atoms with E-state index in [4.69, 9.17) is 16.3 Å². The van der Waals surface area contributed by atoms with Crippen LogP contribution in [0.3, 0.4) is 0 Å². The number of benzene rings is 2. The summed E-state index contributed by atoms with van der Waals surface area (Å²) in [4.78, 5) is 16.8. The highest BCUT2D eigenvalue weighted by atomic mass is 35.5. The quantitative estimate of drug-likeness (QED) is 0.449. The summed E-state index contributed by atoms with van der Waals surface area (Å²) in [6, 6.07) is 22.3. The van der Waals surface area contributed by atoms with Crippen LogP contribution in [-0.2, 0) is 0 Å². The number of hydrogen-bond acceptors (Lipinski definition) is 3. The minimum absolute atomic E-state index is 0. The standard InChI is InChI=1S/C20H13ClN2O2.ClH/c21-19-18(20(24)25-17-12-6-7-13-22-17)15-10-4-5-11-16(15)23(19)14-8-2-1-3-9-14;/h1-13H;1H. The van der Waals surface area contributed by atoms with Crippen LogP contribution >= 0.6 is 24.0 Å². The van der Waals surface area contributed by atoms with Crippen molar-refractivity contribution in [1.82, 2.24) is 9.55 Å². The molecule has 2 aromatic carbocycles. The van der Waals surface area contributed by atoms with Gasteiger partial charge in [0.25, 0.3) is 0 Å². The van der Waals surface area contributed by atoms with Gasteiger partial charge in [0.15, 0.2) is 0 Å². The maximum absolute atomic E-state index is 12.7. The van der Waals surface area contributed by atoms with Crippen LogP contribution in [0.15, 0.2) is 79.0 Å². The van der Waals surface area contributed by atoms with Crippen molar-refractivity contribution >= 4 is 40.9 Å². The number of fused-ring (bicyclic) bond motifs is 1. The Balaban J connectivity index is 0.00000196. The summed E-state index contributed by atoms with van der Waals surface area (Å²) < 4.78 is 7.23. The third kappa shape index (κ3) is 3.17. The van der Waals surface area contributed by atoms with Crippen LogP contribution in [0.1, 0.15) is 10.4 Å². The SMILES string of the molecule is Cl.O=C(Oc1ccccn1)c1c(Cl)n(-c2ccccc2)c2ccccc12. The zero-order valence-corrected chi connectivity index (χ0v) is 15.1. The summed E-state index contributed by atoms with van der Waals surface area (Å²) in [7, 11) is 0. The fourth-order valence-corrected chi connectivity index (χ4v) is 3.15. The molecule has 0 radical (unpaired) electrons. The molecule has 6 heteroatoms. The molecule has 2 heterocycles. The first kappa shape index (κ1) is 18.0. The van der Waals surface area contributed by atoms with Crippen LogP contribution in [0.25, 0.3) is 16.6 Å². The summed E-state index contributed by atoms with van der Waals surface area (Å²) in [5.74, 6) is -0.297. The fourth-order valence-electron chi connectivity index (χ4n) is 2.79. The van der Waals surface area contributed by atoms with Crippen molar-refractivity contribution in [1.29, 1.82) is 0 Å². The smallest absolute Gasteiger partial charge is 0.348 e. The first-order valence-corrected chi connectivity index (χ1v) is 8.11. The lowest BCUT2D eigenvalue weighted by Gasteiger charge is -2.07. The van der Waals surface area contributed by atoms with Gasteiger partial charge in [0, 0.05) is 23.3 Å². The highest BCUT2D eigenvalue weighted by Gasteiger charge is 2.23. The molecule has 130 valence electrons. The van der Waals surface area contributed by atoms with E-state index >= 15 is 0 Å². The minimum Gasteiger partial charge on any atom is -0.404 e. The fraction of sp³-hybridized carbons (Fsp3) is 0. The molecule has 0 aliphatic heterocycles. The van der Waals surface area contributed by atoms with Gasteiger partial charge in [-0.05, 0) is 24.3 Å². The molecule has 26 heavy (non-hydrogen) atoms. The molecule has 0 saturated heterocycles. The number of halogens is 2. The number of hydrogen-bond donors (Lipinski definition) is 0. The summed E-state index contributed by atoms with van der Waals surface area (Å²) in [6.07, 6.45) is 1.57.